The lowest BCUT2D eigenvalue weighted by Crippen LogP contribution is -2.37. The second-order valence-corrected chi connectivity index (χ2v) is 10.9. The van der Waals surface area contributed by atoms with Crippen LogP contribution in [0.2, 0.25) is 20.1 Å². The Balaban J connectivity index is 1.76. The zero-order valence-corrected chi connectivity index (χ0v) is 21.9. The summed E-state index contributed by atoms with van der Waals surface area (Å²) >= 11 is 25.9. The monoisotopic (exact) mass is 540 g/mol. The highest BCUT2D eigenvalue weighted by Crippen LogP contribution is 2.42. The van der Waals surface area contributed by atoms with Gasteiger partial charge in [0.1, 0.15) is 0 Å². The van der Waals surface area contributed by atoms with Crippen molar-refractivity contribution in [2.75, 3.05) is 0 Å². The zero-order valence-electron chi connectivity index (χ0n) is 18.9. The number of benzene rings is 2. The Hall–Kier alpha value is -1.46. The number of halogens is 4. The topological polar surface area (TPSA) is 58.2 Å². The predicted octanol–water partition coefficient (Wildman–Crippen LogP) is 8.09. The molecule has 2 N–H and O–H groups in total. The first kappa shape index (κ1) is 25.6. The fourth-order valence-corrected chi connectivity index (χ4v) is 6.21. The summed E-state index contributed by atoms with van der Waals surface area (Å²) in [7, 11) is 0. The SMILES string of the molecule is O=C(NC1CCCCC1)c1cc(Cl)cc(Cl)c1-c1c(Cl)cc(Cl)cc1C(=O)NC1CCCCC1. The summed E-state index contributed by atoms with van der Waals surface area (Å²) in [5.74, 6) is -0.563. The second kappa shape index (κ2) is 11.5. The van der Waals surface area contributed by atoms with Crippen LogP contribution in [-0.2, 0) is 0 Å². The third-order valence-corrected chi connectivity index (χ3v) is 7.76. The van der Waals surface area contributed by atoms with E-state index in [1.54, 1.807) is 24.3 Å². The van der Waals surface area contributed by atoms with Crippen LogP contribution in [0.25, 0.3) is 11.1 Å². The molecule has 0 saturated heterocycles. The molecule has 34 heavy (non-hydrogen) atoms. The van der Waals surface area contributed by atoms with Crippen LogP contribution < -0.4 is 10.6 Å². The van der Waals surface area contributed by atoms with E-state index in [0.717, 1.165) is 51.4 Å². The molecule has 0 bridgehead atoms. The molecule has 4 rings (SSSR count). The highest BCUT2D eigenvalue weighted by Gasteiger charge is 2.27. The number of carbonyl (C=O) groups excluding carboxylic acids is 2. The van der Waals surface area contributed by atoms with Gasteiger partial charge in [-0.05, 0) is 49.9 Å². The number of carbonyl (C=O) groups is 2. The highest BCUT2D eigenvalue weighted by atomic mass is 35.5. The molecule has 0 atom stereocenters. The van der Waals surface area contributed by atoms with Crippen LogP contribution in [0.5, 0.6) is 0 Å². The van der Waals surface area contributed by atoms with Gasteiger partial charge in [-0.25, -0.2) is 0 Å². The third kappa shape index (κ3) is 6.02. The minimum Gasteiger partial charge on any atom is -0.349 e. The first-order valence-corrected chi connectivity index (χ1v) is 13.4. The number of rotatable bonds is 5. The van der Waals surface area contributed by atoms with E-state index in [2.05, 4.69) is 10.6 Å². The molecule has 0 unspecified atom stereocenters. The van der Waals surface area contributed by atoms with Gasteiger partial charge in [-0.1, -0.05) is 84.9 Å². The van der Waals surface area contributed by atoms with E-state index in [9.17, 15) is 9.59 Å². The summed E-state index contributed by atoms with van der Waals surface area (Å²) < 4.78 is 0. The van der Waals surface area contributed by atoms with Gasteiger partial charge in [-0.15, -0.1) is 0 Å². The Morgan fingerprint density at radius 1 is 0.588 bits per heavy atom. The molecular formula is C26H28Cl4N2O2. The van der Waals surface area contributed by atoms with Gasteiger partial charge in [0.25, 0.3) is 11.8 Å². The molecule has 4 nitrogen and oxygen atoms in total. The molecule has 182 valence electrons. The minimum atomic E-state index is -0.282. The van der Waals surface area contributed by atoms with Crippen LogP contribution in [-0.4, -0.2) is 23.9 Å². The van der Waals surface area contributed by atoms with Gasteiger partial charge in [0.15, 0.2) is 0 Å². The fourth-order valence-electron chi connectivity index (χ4n) is 5.03. The van der Waals surface area contributed by atoms with Crippen LogP contribution in [0.4, 0.5) is 0 Å². The predicted molar refractivity (Wildman–Crippen MR) is 141 cm³/mol. The first-order valence-electron chi connectivity index (χ1n) is 11.9. The van der Waals surface area contributed by atoms with Gasteiger partial charge in [-0.3, -0.25) is 9.59 Å². The summed E-state index contributed by atoms with van der Waals surface area (Å²) in [6.45, 7) is 0. The van der Waals surface area contributed by atoms with Crippen molar-refractivity contribution in [2.24, 2.45) is 0 Å². The van der Waals surface area contributed by atoms with Gasteiger partial charge in [0.2, 0.25) is 0 Å². The number of hydrogen-bond acceptors (Lipinski definition) is 2. The van der Waals surface area contributed by atoms with Crippen molar-refractivity contribution in [2.45, 2.75) is 76.3 Å². The van der Waals surface area contributed by atoms with Crippen molar-refractivity contribution in [1.29, 1.82) is 0 Å². The molecule has 0 aromatic heterocycles. The van der Waals surface area contributed by atoms with E-state index in [1.165, 1.54) is 12.8 Å². The molecule has 8 heteroatoms. The largest absolute Gasteiger partial charge is 0.349 e. The van der Waals surface area contributed by atoms with Crippen molar-refractivity contribution in [3.05, 3.63) is 55.5 Å². The molecule has 0 radical (unpaired) electrons. The van der Waals surface area contributed by atoms with E-state index in [4.69, 9.17) is 46.4 Å². The average molecular weight is 542 g/mol. The lowest BCUT2D eigenvalue weighted by atomic mass is 9.91. The molecule has 2 aromatic carbocycles. The maximum absolute atomic E-state index is 13.4. The molecular weight excluding hydrogens is 514 g/mol. The van der Waals surface area contributed by atoms with Crippen molar-refractivity contribution < 1.29 is 9.59 Å². The van der Waals surface area contributed by atoms with E-state index in [0.29, 0.717) is 32.3 Å². The molecule has 2 fully saturated rings. The highest BCUT2D eigenvalue weighted by molar-refractivity contribution is 6.41. The maximum atomic E-state index is 13.4. The summed E-state index contributed by atoms with van der Waals surface area (Å²) in [4.78, 5) is 26.8. The molecule has 2 amide bonds. The Labute approximate surface area is 220 Å². The van der Waals surface area contributed by atoms with Gasteiger partial charge in [0, 0.05) is 33.3 Å². The minimum absolute atomic E-state index is 0.0987. The average Bonchev–Trinajstić information content (AvgIpc) is 2.80. The van der Waals surface area contributed by atoms with Gasteiger partial charge >= 0.3 is 0 Å². The molecule has 2 aliphatic rings. The maximum Gasteiger partial charge on any atom is 0.252 e. The van der Waals surface area contributed by atoms with Crippen molar-refractivity contribution in [3.63, 3.8) is 0 Å². The molecule has 2 aromatic rings. The Morgan fingerprint density at radius 3 is 1.29 bits per heavy atom. The second-order valence-electron chi connectivity index (χ2n) is 9.24. The lowest BCUT2D eigenvalue weighted by Gasteiger charge is -2.25. The first-order chi connectivity index (χ1) is 16.3. The van der Waals surface area contributed by atoms with Crippen molar-refractivity contribution >= 4 is 58.2 Å². The Kier molecular flexibility index (Phi) is 8.68. The van der Waals surface area contributed by atoms with Crippen LogP contribution >= 0.6 is 46.4 Å². The Bertz CT molecular complexity index is 991. The zero-order chi connectivity index (χ0) is 24.2. The molecule has 2 aliphatic carbocycles. The fraction of sp³-hybridized carbons (Fsp3) is 0.462. The number of hydrogen-bond donors (Lipinski definition) is 2. The van der Waals surface area contributed by atoms with E-state index < -0.39 is 0 Å². The molecule has 2 saturated carbocycles. The van der Waals surface area contributed by atoms with E-state index in [1.807, 2.05) is 0 Å². The van der Waals surface area contributed by atoms with Crippen LogP contribution in [0, 0.1) is 0 Å². The van der Waals surface area contributed by atoms with E-state index in [-0.39, 0.29) is 33.9 Å². The number of nitrogens with one attached hydrogen (secondary N) is 2. The third-order valence-electron chi connectivity index (χ3n) is 6.73. The summed E-state index contributed by atoms with van der Waals surface area (Å²) in [6, 6.07) is 6.47. The van der Waals surface area contributed by atoms with Gasteiger partial charge < -0.3 is 10.6 Å². The molecule has 0 spiro atoms. The molecule has 0 heterocycles. The standard InChI is InChI=1S/C26H28Cl4N2O2/c27-15-11-19(25(33)31-17-7-3-1-4-8-17)23(21(29)13-15)24-20(12-16(28)14-22(24)30)26(34)32-18-9-5-2-6-10-18/h11-14,17-18H,1-10H2,(H,31,33)(H,32,34). The Morgan fingerprint density at radius 2 is 0.941 bits per heavy atom. The van der Waals surface area contributed by atoms with Crippen molar-refractivity contribution in [3.8, 4) is 11.1 Å². The van der Waals surface area contributed by atoms with Gasteiger partial charge in [0.05, 0.1) is 21.2 Å². The van der Waals surface area contributed by atoms with Crippen LogP contribution in [0.3, 0.4) is 0 Å². The quantitative estimate of drug-likeness (QED) is 0.401. The summed E-state index contributed by atoms with van der Waals surface area (Å²) in [6.07, 6.45) is 10.5. The van der Waals surface area contributed by atoms with Gasteiger partial charge in [-0.2, -0.15) is 0 Å². The summed E-state index contributed by atoms with van der Waals surface area (Å²) in [5.41, 5.74) is 1.35. The summed E-state index contributed by atoms with van der Waals surface area (Å²) in [5, 5.41) is 7.40. The molecule has 0 aliphatic heterocycles. The smallest absolute Gasteiger partial charge is 0.252 e. The van der Waals surface area contributed by atoms with E-state index >= 15 is 0 Å². The number of amides is 2. The van der Waals surface area contributed by atoms with Crippen LogP contribution in [0.1, 0.15) is 84.9 Å². The normalized spacial score (nSPS) is 17.4. The lowest BCUT2D eigenvalue weighted by molar-refractivity contribution is 0.0918. The van der Waals surface area contributed by atoms with Crippen molar-refractivity contribution in [1.82, 2.24) is 10.6 Å². The van der Waals surface area contributed by atoms with Crippen LogP contribution in [0.15, 0.2) is 24.3 Å².